The predicted octanol–water partition coefficient (Wildman–Crippen LogP) is 4.26. The van der Waals surface area contributed by atoms with Crippen LogP contribution in [0.3, 0.4) is 0 Å². The lowest BCUT2D eigenvalue weighted by Gasteiger charge is -2.09. The Kier molecular flexibility index (Phi) is 6.35. The second kappa shape index (κ2) is 8.03. The van der Waals surface area contributed by atoms with Gasteiger partial charge in [0.15, 0.2) is 0 Å². The first kappa shape index (κ1) is 15.0. The van der Waals surface area contributed by atoms with E-state index in [-0.39, 0.29) is 0 Å². The summed E-state index contributed by atoms with van der Waals surface area (Å²) >= 11 is 1.90. The van der Waals surface area contributed by atoms with Gasteiger partial charge in [-0.05, 0) is 50.3 Å². The van der Waals surface area contributed by atoms with E-state index >= 15 is 0 Å². The van der Waals surface area contributed by atoms with Gasteiger partial charge in [-0.3, -0.25) is 0 Å². The molecule has 1 aromatic rings. The fraction of sp³-hybridized carbons (Fsp3) is 0.750. The number of aryl methyl sites for hydroxylation is 1. The zero-order chi connectivity index (χ0) is 13.5. The van der Waals surface area contributed by atoms with E-state index in [9.17, 15) is 0 Å². The first-order chi connectivity index (χ1) is 9.29. The van der Waals surface area contributed by atoms with Gasteiger partial charge in [-0.2, -0.15) is 0 Å². The van der Waals surface area contributed by atoms with Crippen LogP contribution in [0, 0.1) is 12.8 Å². The molecular formula is C16H27NOS. The summed E-state index contributed by atoms with van der Waals surface area (Å²) < 4.78 is 5.91. The van der Waals surface area contributed by atoms with Gasteiger partial charge < -0.3 is 10.1 Å². The van der Waals surface area contributed by atoms with Crippen molar-refractivity contribution < 1.29 is 4.74 Å². The van der Waals surface area contributed by atoms with Crippen molar-refractivity contribution in [3.8, 4) is 0 Å². The molecule has 0 amide bonds. The molecule has 3 heteroatoms. The molecule has 0 atom stereocenters. The SMILES string of the molecule is CCCNCc1cc(COCC2CCCC2)c(C)s1. The molecule has 19 heavy (non-hydrogen) atoms. The van der Waals surface area contributed by atoms with Crippen LogP contribution in [0.15, 0.2) is 6.07 Å². The van der Waals surface area contributed by atoms with Crippen molar-refractivity contribution in [3.05, 3.63) is 21.4 Å². The summed E-state index contributed by atoms with van der Waals surface area (Å²) in [5, 5.41) is 3.46. The topological polar surface area (TPSA) is 21.3 Å². The quantitative estimate of drug-likeness (QED) is 0.719. The van der Waals surface area contributed by atoms with Gasteiger partial charge in [-0.25, -0.2) is 0 Å². The summed E-state index contributed by atoms with van der Waals surface area (Å²) in [4.78, 5) is 2.85. The summed E-state index contributed by atoms with van der Waals surface area (Å²) in [6, 6.07) is 2.32. The van der Waals surface area contributed by atoms with Gasteiger partial charge in [-0.15, -0.1) is 11.3 Å². The molecule has 0 aromatic carbocycles. The molecule has 0 spiro atoms. The summed E-state index contributed by atoms with van der Waals surface area (Å²) in [7, 11) is 0. The molecule has 1 aliphatic rings. The van der Waals surface area contributed by atoms with E-state index in [1.54, 1.807) is 0 Å². The van der Waals surface area contributed by atoms with Crippen molar-refractivity contribution in [2.24, 2.45) is 5.92 Å². The average Bonchev–Trinajstić information content (AvgIpc) is 3.01. The Balaban J connectivity index is 1.72. The second-order valence-corrected chi connectivity index (χ2v) is 6.98. The minimum absolute atomic E-state index is 0.798. The monoisotopic (exact) mass is 281 g/mol. The maximum Gasteiger partial charge on any atom is 0.0727 e. The van der Waals surface area contributed by atoms with Crippen molar-refractivity contribution in [1.82, 2.24) is 5.32 Å². The minimum Gasteiger partial charge on any atom is -0.376 e. The second-order valence-electron chi connectivity index (χ2n) is 5.64. The van der Waals surface area contributed by atoms with E-state index in [4.69, 9.17) is 4.74 Å². The van der Waals surface area contributed by atoms with Crippen LogP contribution in [0.25, 0.3) is 0 Å². The molecule has 0 saturated heterocycles. The van der Waals surface area contributed by atoms with Crippen LogP contribution in [0.5, 0.6) is 0 Å². The van der Waals surface area contributed by atoms with Crippen LogP contribution in [-0.2, 0) is 17.9 Å². The third-order valence-corrected chi connectivity index (χ3v) is 4.98. The van der Waals surface area contributed by atoms with Gasteiger partial charge in [0.2, 0.25) is 0 Å². The molecule has 0 unspecified atom stereocenters. The third-order valence-electron chi connectivity index (χ3n) is 3.88. The molecule has 1 fully saturated rings. The van der Waals surface area contributed by atoms with Crippen LogP contribution in [0.1, 0.15) is 54.3 Å². The first-order valence-corrected chi connectivity index (χ1v) is 8.48. The molecule has 1 aliphatic carbocycles. The van der Waals surface area contributed by atoms with Crippen molar-refractivity contribution in [1.29, 1.82) is 0 Å². The van der Waals surface area contributed by atoms with Gasteiger partial charge in [0.05, 0.1) is 6.61 Å². The molecule has 2 nitrogen and oxygen atoms in total. The summed E-state index contributed by atoms with van der Waals surface area (Å²) in [6.07, 6.45) is 6.74. The standard InChI is InChI=1S/C16H27NOS/c1-3-8-17-10-16-9-15(13(2)19-16)12-18-11-14-6-4-5-7-14/h9,14,17H,3-8,10-12H2,1-2H3. The lowest BCUT2D eigenvalue weighted by Crippen LogP contribution is -2.12. The number of hydrogen-bond donors (Lipinski definition) is 1. The molecule has 2 rings (SSSR count). The van der Waals surface area contributed by atoms with E-state index < -0.39 is 0 Å². The van der Waals surface area contributed by atoms with Crippen LogP contribution < -0.4 is 5.32 Å². The number of nitrogens with one attached hydrogen (secondary N) is 1. The van der Waals surface area contributed by atoms with Crippen molar-refractivity contribution in [2.75, 3.05) is 13.2 Å². The van der Waals surface area contributed by atoms with E-state index in [1.165, 1.54) is 47.4 Å². The average molecular weight is 281 g/mol. The smallest absolute Gasteiger partial charge is 0.0727 e. The highest BCUT2D eigenvalue weighted by Crippen LogP contribution is 2.26. The Morgan fingerprint density at radius 3 is 2.89 bits per heavy atom. The summed E-state index contributed by atoms with van der Waals surface area (Å²) in [5.74, 6) is 0.824. The molecule has 108 valence electrons. The Hall–Kier alpha value is -0.380. The Bertz CT molecular complexity index is 369. The van der Waals surface area contributed by atoms with E-state index in [0.29, 0.717) is 0 Å². The summed E-state index contributed by atoms with van der Waals surface area (Å²) in [6.45, 7) is 8.27. The third kappa shape index (κ3) is 4.90. The molecule has 1 N–H and O–H groups in total. The largest absolute Gasteiger partial charge is 0.376 e. The molecular weight excluding hydrogens is 254 g/mol. The van der Waals surface area contributed by atoms with Crippen LogP contribution in [-0.4, -0.2) is 13.2 Å². The van der Waals surface area contributed by atoms with Gasteiger partial charge in [0.1, 0.15) is 0 Å². The highest BCUT2D eigenvalue weighted by molar-refractivity contribution is 7.12. The first-order valence-electron chi connectivity index (χ1n) is 7.66. The van der Waals surface area contributed by atoms with Crippen molar-refractivity contribution in [3.63, 3.8) is 0 Å². The van der Waals surface area contributed by atoms with Crippen LogP contribution in [0.4, 0.5) is 0 Å². The minimum atomic E-state index is 0.798. The zero-order valence-electron chi connectivity index (χ0n) is 12.3. The van der Waals surface area contributed by atoms with Crippen molar-refractivity contribution in [2.45, 2.75) is 59.1 Å². The number of ether oxygens (including phenoxy) is 1. The fourth-order valence-electron chi connectivity index (χ4n) is 2.72. The van der Waals surface area contributed by atoms with E-state index in [2.05, 4.69) is 25.2 Å². The maximum atomic E-state index is 5.91. The molecule has 0 bridgehead atoms. The van der Waals surface area contributed by atoms with Gasteiger partial charge in [0, 0.05) is 22.9 Å². The molecule has 0 radical (unpaired) electrons. The lowest BCUT2D eigenvalue weighted by molar-refractivity contribution is 0.0888. The lowest BCUT2D eigenvalue weighted by atomic mass is 10.1. The Morgan fingerprint density at radius 2 is 2.16 bits per heavy atom. The fourth-order valence-corrected chi connectivity index (χ4v) is 3.74. The van der Waals surface area contributed by atoms with Gasteiger partial charge in [0.25, 0.3) is 0 Å². The molecule has 1 aromatic heterocycles. The van der Waals surface area contributed by atoms with E-state index in [1.807, 2.05) is 11.3 Å². The van der Waals surface area contributed by atoms with E-state index in [0.717, 1.165) is 32.2 Å². The molecule has 1 saturated carbocycles. The van der Waals surface area contributed by atoms with Gasteiger partial charge in [-0.1, -0.05) is 19.8 Å². The Labute approximate surface area is 121 Å². The summed E-state index contributed by atoms with van der Waals surface area (Å²) in [5.41, 5.74) is 1.39. The Morgan fingerprint density at radius 1 is 1.37 bits per heavy atom. The zero-order valence-corrected chi connectivity index (χ0v) is 13.2. The molecule has 1 heterocycles. The highest BCUT2D eigenvalue weighted by Gasteiger charge is 2.15. The maximum absolute atomic E-state index is 5.91. The van der Waals surface area contributed by atoms with Gasteiger partial charge >= 0.3 is 0 Å². The van der Waals surface area contributed by atoms with Crippen LogP contribution >= 0.6 is 11.3 Å². The molecule has 0 aliphatic heterocycles. The van der Waals surface area contributed by atoms with Crippen molar-refractivity contribution >= 4 is 11.3 Å². The highest BCUT2D eigenvalue weighted by atomic mass is 32.1. The number of rotatable bonds is 8. The number of hydrogen-bond acceptors (Lipinski definition) is 3. The normalized spacial score (nSPS) is 16.3. The number of thiophene rings is 1. The predicted molar refractivity (Wildman–Crippen MR) is 82.7 cm³/mol. The van der Waals surface area contributed by atoms with Crippen LogP contribution in [0.2, 0.25) is 0 Å².